The van der Waals surface area contributed by atoms with Crippen molar-refractivity contribution < 1.29 is 14.6 Å². The minimum absolute atomic E-state index is 0.167. The quantitative estimate of drug-likeness (QED) is 0.0906. The molecule has 3 atom stereocenters. The normalized spacial score (nSPS) is 13.6. The van der Waals surface area contributed by atoms with Crippen LogP contribution in [0.25, 0.3) is 0 Å². The van der Waals surface area contributed by atoms with Crippen LogP contribution in [0.4, 0.5) is 0 Å². The third-order valence-electron chi connectivity index (χ3n) is 9.38. The summed E-state index contributed by atoms with van der Waals surface area (Å²) in [5, 5.41) is 8.23. The van der Waals surface area contributed by atoms with E-state index in [1.54, 1.807) is 0 Å². The third-order valence-corrected chi connectivity index (χ3v) is 10.7. The second-order valence-electron chi connectivity index (χ2n) is 13.2. The molecule has 0 fully saturated rings. The Morgan fingerprint density at radius 3 is 1.34 bits per heavy atom. The summed E-state index contributed by atoms with van der Waals surface area (Å²) in [6.45, 7) is 10.1. The lowest BCUT2D eigenvalue weighted by atomic mass is 9.79. The summed E-state index contributed by atoms with van der Waals surface area (Å²) in [5.74, 6) is -0.324. The molecule has 0 spiro atoms. The molecule has 0 aliphatic carbocycles. The first-order chi connectivity index (χ1) is 25.5. The zero-order valence-electron chi connectivity index (χ0n) is 31.1. The molecule has 0 aliphatic rings. The maximum absolute atomic E-state index is 13.2. The van der Waals surface area contributed by atoms with Gasteiger partial charge in [0.2, 0.25) is 0 Å². The fraction of sp³-hybridized carbons (Fsp3) is 0.213. The number of aryl methyl sites for hydroxylation is 2. The Morgan fingerprint density at radius 2 is 0.887 bits per heavy atom. The number of esters is 1. The van der Waals surface area contributed by atoms with E-state index in [4.69, 9.17) is 44.6 Å². The van der Waals surface area contributed by atoms with Crippen molar-refractivity contribution in [2.75, 3.05) is 7.11 Å². The molecule has 6 rings (SSSR count). The topological polar surface area (TPSA) is 46.5 Å². The van der Waals surface area contributed by atoms with Crippen LogP contribution in [0.3, 0.4) is 0 Å². The predicted octanol–water partition coefficient (Wildman–Crippen LogP) is 12.6. The van der Waals surface area contributed by atoms with E-state index < -0.39 is 10.5 Å². The Bertz CT molecular complexity index is 2030. The van der Waals surface area contributed by atoms with Gasteiger partial charge in [-0.3, -0.25) is 4.79 Å². The van der Waals surface area contributed by atoms with E-state index in [-0.39, 0.29) is 17.8 Å². The van der Waals surface area contributed by atoms with E-state index in [1.165, 1.54) is 5.56 Å². The molecule has 53 heavy (non-hydrogen) atoms. The highest BCUT2D eigenvalue weighted by molar-refractivity contribution is 6.35. The van der Waals surface area contributed by atoms with Crippen molar-refractivity contribution in [2.45, 2.75) is 45.1 Å². The SMILES string of the molecule is CO.Cc1ccc(C(Cl)(c2ccccc2)c2ccccc2Cl)cc1.Cc1ccc(C(OC(=O)[C@H](C)C(C)C)(c2ccccc2)c2ccccc2Cl)cc1. The number of benzene rings is 6. The highest BCUT2D eigenvalue weighted by Crippen LogP contribution is 2.46. The molecule has 2 unspecified atom stereocenters. The number of aliphatic hydroxyl groups is 1. The van der Waals surface area contributed by atoms with Crippen molar-refractivity contribution in [2.24, 2.45) is 11.8 Å². The number of halogens is 3. The number of ether oxygens (including phenoxy) is 1. The molecule has 0 amide bonds. The Balaban J connectivity index is 0.000000234. The van der Waals surface area contributed by atoms with Gasteiger partial charge in [0, 0.05) is 39.4 Å². The fourth-order valence-corrected chi connectivity index (χ4v) is 7.06. The zero-order valence-corrected chi connectivity index (χ0v) is 33.3. The molecule has 6 heteroatoms. The molecule has 1 N–H and O–H groups in total. The number of carbonyl (C=O) groups excluding carboxylic acids is 1. The van der Waals surface area contributed by atoms with E-state index in [2.05, 4.69) is 31.2 Å². The minimum atomic E-state index is -1.13. The summed E-state index contributed by atoms with van der Waals surface area (Å²) >= 11 is 20.3. The summed E-state index contributed by atoms with van der Waals surface area (Å²) in [7, 11) is 1.00. The minimum Gasteiger partial charge on any atom is -0.444 e. The Hall–Kier alpha value is -4.38. The highest BCUT2D eigenvalue weighted by atomic mass is 35.5. The first kappa shape index (κ1) is 41.4. The molecule has 0 saturated carbocycles. The molecule has 274 valence electrons. The number of hydrogen-bond acceptors (Lipinski definition) is 3. The van der Waals surface area contributed by atoms with Gasteiger partial charge in [0.1, 0.15) is 4.87 Å². The lowest BCUT2D eigenvalue weighted by Gasteiger charge is -2.37. The van der Waals surface area contributed by atoms with Crippen LogP contribution in [-0.2, 0) is 20.0 Å². The summed E-state index contributed by atoms with van der Waals surface area (Å²) in [5.41, 5.74) is 6.61. The van der Waals surface area contributed by atoms with E-state index >= 15 is 0 Å². The van der Waals surface area contributed by atoms with Crippen LogP contribution in [0, 0.1) is 25.7 Å². The maximum atomic E-state index is 13.2. The van der Waals surface area contributed by atoms with Crippen molar-refractivity contribution in [1.29, 1.82) is 0 Å². The van der Waals surface area contributed by atoms with Gasteiger partial charge in [-0.1, -0.05) is 201 Å². The van der Waals surface area contributed by atoms with Gasteiger partial charge in [-0.15, -0.1) is 11.6 Å². The molecule has 6 aromatic carbocycles. The van der Waals surface area contributed by atoms with Crippen LogP contribution in [-0.4, -0.2) is 18.2 Å². The molecule has 0 heterocycles. The van der Waals surface area contributed by atoms with Gasteiger partial charge >= 0.3 is 5.97 Å². The van der Waals surface area contributed by atoms with Gasteiger partial charge in [-0.05, 0) is 43.0 Å². The molecular weight excluding hydrogens is 719 g/mol. The summed E-state index contributed by atoms with van der Waals surface area (Å²) in [6.07, 6.45) is 0. The average Bonchev–Trinajstić information content (AvgIpc) is 3.19. The standard InChI is InChI=1S/C26H27ClO2.C20H16Cl2.CH4O/c1-18(2)20(4)25(28)29-26(21-10-6-5-7-11-21,22-16-14-19(3)15-17-22)23-12-8-9-13-24(23)27;1-15-11-13-17(14-12-15)20(22,16-7-3-2-4-8-16)18-9-5-6-10-19(18)21;1-2/h5-18,20H,1-4H3;2-14H,1H3;2H,1H3/t20-,26?;;/m1../s1. The van der Waals surface area contributed by atoms with Gasteiger partial charge in [0.05, 0.1) is 5.92 Å². The molecule has 0 bridgehead atoms. The summed E-state index contributed by atoms with van der Waals surface area (Å²) < 4.78 is 6.42. The predicted molar refractivity (Wildman–Crippen MR) is 222 cm³/mol. The molecule has 6 aromatic rings. The second-order valence-corrected chi connectivity index (χ2v) is 14.6. The van der Waals surface area contributed by atoms with Crippen LogP contribution in [0.5, 0.6) is 0 Å². The van der Waals surface area contributed by atoms with Crippen LogP contribution >= 0.6 is 34.8 Å². The Kier molecular flexibility index (Phi) is 14.9. The van der Waals surface area contributed by atoms with Gasteiger partial charge in [0.25, 0.3) is 0 Å². The molecular formula is C47H47Cl3O3. The first-order valence-electron chi connectivity index (χ1n) is 17.6. The highest BCUT2D eigenvalue weighted by Gasteiger charge is 2.43. The maximum Gasteiger partial charge on any atom is 0.310 e. The van der Waals surface area contributed by atoms with Crippen molar-refractivity contribution in [3.63, 3.8) is 0 Å². The molecule has 0 aliphatic heterocycles. The van der Waals surface area contributed by atoms with Crippen LogP contribution in [0.15, 0.2) is 158 Å². The lowest BCUT2D eigenvalue weighted by Crippen LogP contribution is -2.38. The number of rotatable bonds is 9. The van der Waals surface area contributed by atoms with Crippen LogP contribution < -0.4 is 0 Å². The number of hydrogen-bond donors (Lipinski definition) is 1. The number of aliphatic hydroxyl groups excluding tert-OH is 1. The summed E-state index contributed by atoms with van der Waals surface area (Å²) in [4.78, 5) is 12.4. The van der Waals surface area contributed by atoms with Gasteiger partial charge in [-0.2, -0.15) is 0 Å². The van der Waals surface area contributed by atoms with E-state index in [9.17, 15) is 4.79 Å². The van der Waals surface area contributed by atoms with Crippen molar-refractivity contribution in [3.8, 4) is 0 Å². The Labute approximate surface area is 330 Å². The van der Waals surface area contributed by atoms with Crippen LogP contribution in [0.1, 0.15) is 65.3 Å². The number of carbonyl (C=O) groups is 1. The summed E-state index contributed by atoms with van der Waals surface area (Å²) in [6, 6.07) is 51.6. The third kappa shape index (κ3) is 9.41. The number of alkyl halides is 1. The zero-order chi connectivity index (χ0) is 38.6. The van der Waals surface area contributed by atoms with E-state index in [0.717, 1.165) is 46.1 Å². The van der Waals surface area contributed by atoms with Gasteiger partial charge in [0.15, 0.2) is 5.60 Å². The Morgan fingerprint density at radius 1 is 0.528 bits per heavy atom. The van der Waals surface area contributed by atoms with Gasteiger partial charge < -0.3 is 9.84 Å². The van der Waals surface area contributed by atoms with Crippen molar-refractivity contribution in [1.82, 2.24) is 0 Å². The molecule has 0 aromatic heterocycles. The van der Waals surface area contributed by atoms with Crippen molar-refractivity contribution in [3.05, 3.63) is 212 Å². The second kappa shape index (κ2) is 19.1. The monoisotopic (exact) mass is 764 g/mol. The molecule has 0 saturated heterocycles. The first-order valence-corrected chi connectivity index (χ1v) is 18.7. The average molecular weight is 766 g/mol. The van der Waals surface area contributed by atoms with E-state index in [1.807, 2.05) is 161 Å². The van der Waals surface area contributed by atoms with Crippen molar-refractivity contribution >= 4 is 40.8 Å². The van der Waals surface area contributed by atoms with E-state index in [0.29, 0.717) is 10.0 Å². The van der Waals surface area contributed by atoms with Crippen LogP contribution in [0.2, 0.25) is 10.0 Å². The smallest absolute Gasteiger partial charge is 0.310 e. The van der Waals surface area contributed by atoms with Gasteiger partial charge in [-0.25, -0.2) is 0 Å². The molecule has 3 nitrogen and oxygen atoms in total. The fourth-order valence-electron chi connectivity index (χ4n) is 6.04. The largest absolute Gasteiger partial charge is 0.444 e. The lowest BCUT2D eigenvalue weighted by molar-refractivity contribution is -0.159. The molecule has 0 radical (unpaired) electrons.